The van der Waals surface area contributed by atoms with Crippen LogP contribution in [0.1, 0.15) is 45.8 Å². The molecule has 0 aromatic carbocycles. The van der Waals surface area contributed by atoms with Crippen molar-refractivity contribution in [2.45, 2.75) is 45.6 Å². The number of piperidine rings is 1. The van der Waals surface area contributed by atoms with E-state index in [0.29, 0.717) is 12.6 Å². The van der Waals surface area contributed by atoms with Crippen LogP contribution in [-0.4, -0.2) is 29.9 Å². The molecule has 1 aromatic heterocycles. The van der Waals surface area contributed by atoms with Crippen LogP contribution in [0.5, 0.6) is 0 Å². The Bertz CT molecular complexity index is 406. The Morgan fingerprint density at radius 3 is 2.89 bits per heavy atom. The summed E-state index contributed by atoms with van der Waals surface area (Å²) in [4.78, 5) is 16.7. The number of thiophene rings is 1. The van der Waals surface area contributed by atoms with Crippen molar-refractivity contribution >= 4 is 17.2 Å². The number of aryl methyl sites for hydroxylation is 2. The Balaban J connectivity index is 2.15. The number of nitrogens with zero attached hydrogens (tertiary/aromatic N) is 1. The first-order chi connectivity index (χ1) is 8.63. The van der Waals surface area contributed by atoms with Crippen molar-refractivity contribution < 1.29 is 4.79 Å². The second-order valence-corrected chi connectivity index (χ2v) is 6.33. The molecule has 0 saturated carbocycles. The fraction of sp³-hybridized carbons (Fsp3) is 0.643. The lowest BCUT2D eigenvalue weighted by Gasteiger charge is -2.35. The molecule has 1 fully saturated rings. The van der Waals surface area contributed by atoms with E-state index in [1.165, 1.54) is 16.9 Å². The molecule has 1 aliphatic heterocycles. The third-order valence-corrected chi connectivity index (χ3v) is 4.91. The number of amides is 1. The Morgan fingerprint density at radius 1 is 1.50 bits per heavy atom. The lowest BCUT2D eigenvalue weighted by atomic mass is 9.99. The van der Waals surface area contributed by atoms with Gasteiger partial charge in [0.1, 0.15) is 0 Å². The highest BCUT2D eigenvalue weighted by atomic mass is 32.1. The van der Waals surface area contributed by atoms with Crippen molar-refractivity contribution in [2.75, 3.05) is 13.1 Å². The van der Waals surface area contributed by atoms with Crippen LogP contribution in [0.3, 0.4) is 0 Å². The van der Waals surface area contributed by atoms with Crippen LogP contribution in [0.15, 0.2) is 6.07 Å². The quantitative estimate of drug-likeness (QED) is 0.914. The van der Waals surface area contributed by atoms with E-state index in [-0.39, 0.29) is 5.91 Å². The summed E-state index contributed by atoms with van der Waals surface area (Å²) in [5.41, 5.74) is 6.87. The standard InChI is InChI=1S/C14H22N2OS/c1-10-9-13(18-11(10)2)14(17)16-8-4-3-5-12(16)6-7-15/h9,12H,3-8,15H2,1-2H3. The number of carbonyl (C=O) groups is 1. The van der Waals surface area contributed by atoms with E-state index in [1.807, 2.05) is 11.0 Å². The van der Waals surface area contributed by atoms with Gasteiger partial charge in [-0.2, -0.15) is 0 Å². The van der Waals surface area contributed by atoms with Gasteiger partial charge in [-0.1, -0.05) is 0 Å². The molecule has 1 aromatic rings. The summed E-state index contributed by atoms with van der Waals surface area (Å²) < 4.78 is 0. The highest BCUT2D eigenvalue weighted by molar-refractivity contribution is 7.14. The Morgan fingerprint density at radius 2 is 2.28 bits per heavy atom. The highest BCUT2D eigenvalue weighted by Crippen LogP contribution is 2.26. The van der Waals surface area contributed by atoms with Gasteiger partial charge in [-0.05, 0) is 57.7 Å². The van der Waals surface area contributed by atoms with Crippen molar-refractivity contribution in [1.29, 1.82) is 0 Å². The first-order valence-electron chi connectivity index (χ1n) is 6.71. The first-order valence-corrected chi connectivity index (χ1v) is 7.53. The molecule has 2 heterocycles. The second kappa shape index (κ2) is 5.85. The molecular formula is C14H22N2OS. The fourth-order valence-electron chi connectivity index (χ4n) is 2.58. The molecule has 1 amide bonds. The monoisotopic (exact) mass is 266 g/mol. The van der Waals surface area contributed by atoms with Gasteiger partial charge >= 0.3 is 0 Å². The number of hydrogen-bond acceptors (Lipinski definition) is 3. The fourth-order valence-corrected chi connectivity index (χ4v) is 3.57. The minimum atomic E-state index is 0.203. The maximum atomic E-state index is 12.5. The normalized spacial score (nSPS) is 20.2. The Hall–Kier alpha value is -0.870. The van der Waals surface area contributed by atoms with Gasteiger partial charge in [0.15, 0.2) is 0 Å². The molecule has 0 radical (unpaired) electrons. The number of nitrogens with two attached hydrogens (primary N) is 1. The summed E-state index contributed by atoms with van der Waals surface area (Å²) in [6.45, 7) is 5.69. The molecule has 0 bridgehead atoms. The maximum absolute atomic E-state index is 12.5. The SMILES string of the molecule is Cc1cc(C(=O)N2CCCCC2CCN)sc1C. The summed E-state index contributed by atoms with van der Waals surface area (Å²) >= 11 is 1.61. The van der Waals surface area contributed by atoms with Gasteiger partial charge in [-0.25, -0.2) is 0 Å². The van der Waals surface area contributed by atoms with Crippen molar-refractivity contribution in [2.24, 2.45) is 5.73 Å². The third-order valence-electron chi connectivity index (χ3n) is 3.76. The lowest BCUT2D eigenvalue weighted by molar-refractivity contribution is 0.0610. The topological polar surface area (TPSA) is 46.3 Å². The molecule has 1 saturated heterocycles. The van der Waals surface area contributed by atoms with Crippen LogP contribution in [-0.2, 0) is 0 Å². The molecule has 1 aliphatic rings. The molecular weight excluding hydrogens is 244 g/mol. The molecule has 2 rings (SSSR count). The van der Waals surface area contributed by atoms with E-state index in [4.69, 9.17) is 5.73 Å². The number of carbonyl (C=O) groups excluding carboxylic acids is 1. The van der Waals surface area contributed by atoms with E-state index >= 15 is 0 Å². The van der Waals surface area contributed by atoms with Crippen LogP contribution in [0.25, 0.3) is 0 Å². The van der Waals surface area contributed by atoms with Crippen LogP contribution >= 0.6 is 11.3 Å². The van der Waals surface area contributed by atoms with Crippen molar-refractivity contribution in [3.05, 3.63) is 21.4 Å². The Labute approximate surface area is 113 Å². The summed E-state index contributed by atoms with van der Waals surface area (Å²) in [5, 5.41) is 0. The molecule has 18 heavy (non-hydrogen) atoms. The molecule has 2 N–H and O–H groups in total. The molecule has 0 aliphatic carbocycles. The molecule has 4 heteroatoms. The summed E-state index contributed by atoms with van der Waals surface area (Å²) in [7, 11) is 0. The van der Waals surface area contributed by atoms with Crippen molar-refractivity contribution in [1.82, 2.24) is 4.90 Å². The molecule has 1 unspecified atom stereocenters. The average molecular weight is 266 g/mol. The molecule has 100 valence electrons. The van der Waals surface area contributed by atoms with Crippen molar-refractivity contribution in [3.8, 4) is 0 Å². The maximum Gasteiger partial charge on any atom is 0.264 e. The van der Waals surface area contributed by atoms with Gasteiger partial charge in [-0.3, -0.25) is 4.79 Å². The molecule has 0 spiro atoms. The van der Waals surface area contributed by atoms with Gasteiger partial charge in [0.2, 0.25) is 0 Å². The van der Waals surface area contributed by atoms with Crippen LogP contribution in [0.4, 0.5) is 0 Å². The zero-order chi connectivity index (χ0) is 13.1. The molecule has 1 atom stereocenters. The van der Waals surface area contributed by atoms with E-state index in [9.17, 15) is 4.79 Å². The third kappa shape index (κ3) is 2.75. The Kier molecular flexibility index (Phi) is 4.40. The highest BCUT2D eigenvalue weighted by Gasteiger charge is 2.27. The van der Waals surface area contributed by atoms with Gasteiger partial charge in [0, 0.05) is 17.5 Å². The summed E-state index contributed by atoms with van der Waals surface area (Å²) in [6.07, 6.45) is 4.37. The van der Waals surface area contributed by atoms with E-state index in [2.05, 4.69) is 13.8 Å². The zero-order valence-corrected chi connectivity index (χ0v) is 12.1. The van der Waals surface area contributed by atoms with Crippen LogP contribution in [0, 0.1) is 13.8 Å². The number of hydrogen-bond donors (Lipinski definition) is 1. The minimum absolute atomic E-state index is 0.203. The number of likely N-dealkylation sites (tertiary alicyclic amines) is 1. The first kappa shape index (κ1) is 13.6. The summed E-state index contributed by atoms with van der Waals surface area (Å²) in [5.74, 6) is 0.203. The zero-order valence-electron chi connectivity index (χ0n) is 11.2. The minimum Gasteiger partial charge on any atom is -0.335 e. The van der Waals surface area contributed by atoms with Gasteiger partial charge in [0.25, 0.3) is 5.91 Å². The van der Waals surface area contributed by atoms with Crippen molar-refractivity contribution in [3.63, 3.8) is 0 Å². The second-order valence-electron chi connectivity index (χ2n) is 5.08. The molecule has 3 nitrogen and oxygen atoms in total. The van der Waals surface area contributed by atoms with E-state index in [1.54, 1.807) is 11.3 Å². The van der Waals surface area contributed by atoms with E-state index in [0.717, 1.165) is 30.7 Å². The largest absolute Gasteiger partial charge is 0.335 e. The summed E-state index contributed by atoms with van der Waals surface area (Å²) in [6, 6.07) is 2.37. The van der Waals surface area contributed by atoms with Crippen LogP contribution in [0.2, 0.25) is 0 Å². The number of rotatable bonds is 3. The van der Waals surface area contributed by atoms with Gasteiger partial charge in [0.05, 0.1) is 4.88 Å². The van der Waals surface area contributed by atoms with Gasteiger partial charge in [-0.15, -0.1) is 11.3 Å². The predicted octanol–water partition coefficient (Wildman–Crippen LogP) is 2.71. The van der Waals surface area contributed by atoms with E-state index < -0.39 is 0 Å². The van der Waals surface area contributed by atoms with Gasteiger partial charge < -0.3 is 10.6 Å². The lowest BCUT2D eigenvalue weighted by Crippen LogP contribution is -2.44. The van der Waals surface area contributed by atoms with Crippen LogP contribution < -0.4 is 5.73 Å². The predicted molar refractivity (Wildman–Crippen MR) is 76.1 cm³/mol. The average Bonchev–Trinajstić information content (AvgIpc) is 2.70. The smallest absolute Gasteiger partial charge is 0.264 e.